The number of carboxylic acid groups (broad SMARTS) is 1. The Labute approximate surface area is 205 Å². The van der Waals surface area contributed by atoms with Gasteiger partial charge in [-0.05, 0) is 18.2 Å². The van der Waals surface area contributed by atoms with Crippen LogP contribution >= 0.6 is 0 Å². The van der Waals surface area contributed by atoms with E-state index in [1.807, 2.05) is 0 Å². The predicted molar refractivity (Wildman–Crippen MR) is 130 cm³/mol. The van der Waals surface area contributed by atoms with E-state index in [2.05, 4.69) is 20.1 Å². The molecule has 0 amide bonds. The van der Waals surface area contributed by atoms with Gasteiger partial charge in [-0.3, -0.25) is 4.79 Å². The van der Waals surface area contributed by atoms with Crippen LogP contribution in [-0.4, -0.2) is 69.2 Å². The number of carboxylic acids is 1. The summed E-state index contributed by atoms with van der Waals surface area (Å²) in [5.41, 5.74) is 12.8. The van der Waals surface area contributed by atoms with Gasteiger partial charge in [0.25, 0.3) is 0 Å². The second-order valence-corrected chi connectivity index (χ2v) is 9.90. The quantitative estimate of drug-likeness (QED) is 0.305. The molecule has 4 rings (SSSR count). The minimum atomic E-state index is -4.30. The molecule has 1 aromatic carbocycles. The molecule has 5 N–H and O–H groups in total. The molecule has 0 atom stereocenters. The number of nitrogens with zero attached hydrogens (tertiary/aromatic N) is 7. The van der Waals surface area contributed by atoms with Gasteiger partial charge in [-0.15, -0.1) is 0 Å². The van der Waals surface area contributed by atoms with Gasteiger partial charge >= 0.3 is 16.2 Å². The van der Waals surface area contributed by atoms with Crippen molar-refractivity contribution in [1.82, 2.24) is 29.0 Å². The molecule has 0 fully saturated rings. The number of pyridine rings is 1. The van der Waals surface area contributed by atoms with E-state index in [1.165, 1.54) is 24.8 Å². The molecule has 188 valence electrons. The molecule has 0 bridgehead atoms. The Balaban J connectivity index is 1.85. The molecule has 0 saturated heterocycles. The van der Waals surface area contributed by atoms with Gasteiger partial charge < -0.3 is 16.6 Å². The highest BCUT2D eigenvalue weighted by Crippen LogP contribution is 2.34. The third-order valence-corrected chi connectivity index (χ3v) is 6.99. The predicted octanol–water partition coefficient (Wildman–Crippen LogP) is 0.938. The first-order valence-corrected chi connectivity index (χ1v) is 11.8. The number of carbonyl (C=O) groups is 1. The molecule has 0 unspecified atom stereocenters. The zero-order valence-corrected chi connectivity index (χ0v) is 20.0. The molecule has 15 heteroatoms. The number of nitrogens with two attached hydrogens (primary N) is 2. The number of benzene rings is 1. The van der Waals surface area contributed by atoms with Gasteiger partial charge in [0.2, 0.25) is 0 Å². The van der Waals surface area contributed by atoms with Crippen molar-refractivity contribution in [3.8, 4) is 11.5 Å². The van der Waals surface area contributed by atoms with E-state index >= 15 is 0 Å². The minimum Gasteiger partial charge on any atom is -0.480 e. The van der Waals surface area contributed by atoms with Gasteiger partial charge in [-0.1, -0.05) is 18.2 Å². The van der Waals surface area contributed by atoms with Crippen molar-refractivity contribution in [2.45, 2.75) is 6.54 Å². The van der Waals surface area contributed by atoms with E-state index in [4.69, 9.17) is 11.5 Å². The van der Waals surface area contributed by atoms with E-state index in [1.54, 1.807) is 36.5 Å². The maximum absolute atomic E-state index is 14.3. The summed E-state index contributed by atoms with van der Waals surface area (Å²) < 4.78 is 42.6. The van der Waals surface area contributed by atoms with Gasteiger partial charge in [0.05, 0.1) is 11.9 Å². The molecule has 0 saturated carbocycles. The lowest BCUT2D eigenvalue weighted by Crippen LogP contribution is -2.43. The van der Waals surface area contributed by atoms with Crippen LogP contribution in [0.3, 0.4) is 0 Å². The van der Waals surface area contributed by atoms with E-state index in [-0.39, 0.29) is 35.4 Å². The second kappa shape index (κ2) is 9.35. The Morgan fingerprint density at radius 3 is 2.39 bits per heavy atom. The summed E-state index contributed by atoms with van der Waals surface area (Å²) in [5.74, 6) is -2.63. The van der Waals surface area contributed by atoms with Crippen molar-refractivity contribution in [2.24, 2.45) is 0 Å². The topological polar surface area (TPSA) is 186 Å². The first kappa shape index (κ1) is 24.7. The highest BCUT2D eigenvalue weighted by atomic mass is 32.2. The average Bonchev–Trinajstić information content (AvgIpc) is 3.17. The van der Waals surface area contributed by atoms with Crippen LogP contribution in [0.1, 0.15) is 5.56 Å². The number of hydrogen-bond donors (Lipinski definition) is 3. The van der Waals surface area contributed by atoms with Gasteiger partial charge in [-0.25, -0.2) is 28.3 Å². The largest absolute Gasteiger partial charge is 0.480 e. The smallest absolute Gasteiger partial charge is 0.324 e. The van der Waals surface area contributed by atoms with Crippen molar-refractivity contribution in [3.05, 3.63) is 54.0 Å². The molecule has 0 aliphatic heterocycles. The summed E-state index contributed by atoms with van der Waals surface area (Å²) in [4.78, 5) is 24.1. The minimum absolute atomic E-state index is 0.0449. The summed E-state index contributed by atoms with van der Waals surface area (Å²) >= 11 is 0. The van der Waals surface area contributed by atoms with Crippen LogP contribution in [0.4, 0.5) is 21.7 Å². The lowest BCUT2D eigenvalue weighted by Gasteiger charge is -2.27. The number of aromatic nitrogens is 5. The Morgan fingerprint density at radius 2 is 1.78 bits per heavy atom. The number of nitrogen functional groups attached to an aromatic ring is 2. The molecule has 4 aromatic rings. The Bertz CT molecular complexity index is 1550. The van der Waals surface area contributed by atoms with E-state index in [0.717, 1.165) is 4.31 Å². The Hall–Kier alpha value is -4.37. The van der Waals surface area contributed by atoms with Crippen LogP contribution in [0.15, 0.2) is 42.6 Å². The maximum atomic E-state index is 14.3. The third-order valence-electron chi connectivity index (χ3n) is 5.20. The maximum Gasteiger partial charge on any atom is 0.324 e. The van der Waals surface area contributed by atoms with Gasteiger partial charge in [0, 0.05) is 25.9 Å². The summed E-state index contributed by atoms with van der Waals surface area (Å²) in [6.07, 6.45) is 1.55. The Morgan fingerprint density at radius 1 is 1.11 bits per heavy atom. The molecule has 3 heterocycles. The molecule has 0 aliphatic carbocycles. The monoisotopic (exact) mass is 515 g/mol. The number of fused-ring (bicyclic) bond motifs is 1. The standard InChI is InChI=1S/C21H22FN9O4S/c1-29(2)36(34,35)31(11-15(32)33)17-18(23)26-20(27-19(17)24)16-13-7-5-9-25-21(13)30(28-16)10-12-6-3-4-8-14(12)22/h3-9H,10-11H2,1-2H3,(H,32,33)(H4,23,24,26,27). The fourth-order valence-corrected chi connectivity index (χ4v) is 4.61. The van der Waals surface area contributed by atoms with Crippen LogP contribution in [0.5, 0.6) is 0 Å². The molecule has 0 aliphatic rings. The summed E-state index contributed by atoms with van der Waals surface area (Å²) in [6, 6.07) is 9.61. The number of hydrogen-bond acceptors (Lipinski definition) is 9. The van der Waals surface area contributed by atoms with Gasteiger partial charge in [0.15, 0.2) is 23.1 Å². The third kappa shape index (κ3) is 4.48. The molecule has 13 nitrogen and oxygen atoms in total. The lowest BCUT2D eigenvalue weighted by atomic mass is 10.2. The zero-order valence-electron chi connectivity index (χ0n) is 19.2. The van der Waals surface area contributed by atoms with Gasteiger partial charge in [0.1, 0.15) is 23.7 Å². The van der Waals surface area contributed by atoms with E-state index in [0.29, 0.717) is 20.9 Å². The fourth-order valence-electron chi connectivity index (χ4n) is 3.52. The molecule has 36 heavy (non-hydrogen) atoms. The zero-order chi connectivity index (χ0) is 26.2. The molecular weight excluding hydrogens is 493 g/mol. The van der Waals surface area contributed by atoms with Crippen LogP contribution in [-0.2, 0) is 21.5 Å². The highest BCUT2D eigenvalue weighted by molar-refractivity contribution is 7.90. The molecular formula is C21H22FN9O4S. The lowest BCUT2D eigenvalue weighted by molar-refractivity contribution is -0.135. The average molecular weight is 516 g/mol. The van der Waals surface area contributed by atoms with Crippen molar-refractivity contribution in [1.29, 1.82) is 0 Å². The molecule has 0 radical (unpaired) electrons. The summed E-state index contributed by atoms with van der Waals surface area (Å²) in [7, 11) is -1.84. The second-order valence-electron chi connectivity index (χ2n) is 7.83. The summed E-state index contributed by atoms with van der Waals surface area (Å²) in [6.45, 7) is -0.890. The number of anilines is 3. The normalized spacial score (nSPS) is 11.8. The van der Waals surface area contributed by atoms with Crippen LogP contribution in [0.2, 0.25) is 0 Å². The fraction of sp³-hybridized carbons (Fsp3) is 0.190. The summed E-state index contributed by atoms with van der Waals surface area (Å²) in [5, 5.41) is 14.3. The SMILES string of the molecule is CN(C)S(=O)(=O)N(CC(=O)O)c1c(N)nc(-c2nn(Cc3ccccc3F)c3ncccc23)nc1N. The number of aliphatic carboxylic acids is 1. The molecule has 0 spiro atoms. The van der Waals surface area contributed by atoms with Crippen molar-refractivity contribution in [3.63, 3.8) is 0 Å². The Kier molecular flexibility index (Phi) is 6.43. The van der Waals surface area contributed by atoms with Crippen LogP contribution in [0, 0.1) is 5.82 Å². The first-order valence-electron chi connectivity index (χ1n) is 10.4. The highest BCUT2D eigenvalue weighted by Gasteiger charge is 2.32. The first-order chi connectivity index (χ1) is 17.0. The van der Waals surface area contributed by atoms with Gasteiger partial charge in [-0.2, -0.15) is 17.8 Å². The number of halogens is 1. The van der Waals surface area contributed by atoms with Crippen LogP contribution in [0.25, 0.3) is 22.6 Å². The number of rotatable bonds is 8. The van der Waals surface area contributed by atoms with Crippen molar-refractivity contribution in [2.75, 3.05) is 36.4 Å². The van der Waals surface area contributed by atoms with E-state index < -0.39 is 28.5 Å². The van der Waals surface area contributed by atoms with Crippen LogP contribution < -0.4 is 15.8 Å². The van der Waals surface area contributed by atoms with Crippen molar-refractivity contribution >= 4 is 44.5 Å². The van der Waals surface area contributed by atoms with E-state index in [9.17, 15) is 22.7 Å². The van der Waals surface area contributed by atoms with Crippen molar-refractivity contribution < 1.29 is 22.7 Å². The molecule has 3 aromatic heterocycles.